The molecule has 0 bridgehead atoms. The highest BCUT2D eigenvalue weighted by molar-refractivity contribution is 8.93. The largest absolute Gasteiger partial charge is 0.320 e. The number of nitrogens with two attached hydrogens (primary N) is 1. The van der Waals surface area contributed by atoms with Gasteiger partial charge in [0.2, 0.25) is 10.0 Å². The summed E-state index contributed by atoms with van der Waals surface area (Å²) in [6.45, 7) is 1.94. The number of nitrogens with zero attached hydrogens (tertiary/aromatic N) is 2. The Morgan fingerprint density at radius 3 is 2.44 bits per heavy atom. The van der Waals surface area contributed by atoms with Gasteiger partial charge >= 0.3 is 0 Å². The summed E-state index contributed by atoms with van der Waals surface area (Å²) in [6.07, 6.45) is 0. The third kappa shape index (κ3) is 4.27. The van der Waals surface area contributed by atoms with Crippen molar-refractivity contribution in [1.82, 2.24) is 4.57 Å². The number of rotatable bonds is 3. The van der Waals surface area contributed by atoms with E-state index in [1.807, 2.05) is 54.3 Å². The fourth-order valence-corrected chi connectivity index (χ4v) is 3.84. The number of benzene rings is 2. The minimum atomic E-state index is -3.73. The summed E-state index contributed by atoms with van der Waals surface area (Å²) in [7, 11) is -1.82. The molecule has 25 heavy (non-hydrogen) atoms. The van der Waals surface area contributed by atoms with Gasteiger partial charge in [-0.05, 0) is 36.8 Å². The van der Waals surface area contributed by atoms with Crippen LogP contribution in [0.15, 0.2) is 63.8 Å². The first kappa shape index (κ1) is 19.6. The SMILES string of the molecule is Br.Cc1ccc(S(N)(=O)=O)cc1-c1csc(=Nc2ccccc2)n1C. The first-order valence-corrected chi connectivity index (χ1v) is 9.67. The number of halogens is 1. The van der Waals surface area contributed by atoms with Crippen LogP contribution < -0.4 is 9.94 Å². The predicted molar refractivity (Wildman–Crippen MR) is 107 cm³/mol. The van der Waals surface area contributed by atoms with Crippen molar-refractivity contribution in [2.75, 3.05) is 0 Å². The lowest BCUT2D eigenvalue weighted by molar-refractivity contribution is 0.598. The second-order valence-corrected chi connectivity index (χ2v) is 7.83. The van der Waals surface area contributed by atoms with Crippen molar-refractivity contribution in [3.8, 4) is 11.3 Å². The lowest BCUT2D eigenvalue weighted by Crippen LogP contribution is -2.13. The van der Waals surface area contributed by atoms with Crippen LogP contribution in [0.2, 0.25) is 0 Å². The zero-order chi connectivity index (χ0) is 17.3. The Bertz CT molecular complexity index is 1050. The second kappa shape index (κ2) is 7.65. The molecular formula is C17H18BrN3O2S2. The monoisotopic (exact) mass is 439 g/mol. The molecule has 2 N–H and O–H groups in total. The van der Waals surface area contributed by atoms with E-state index in [2.05, 4.69) is 4.99 Å². The van der Waals surface area contributed by atoms with E-state index in [1.54, 1.807) is 12.1 Å². The molecule has 1 heterocycles. The standard InChI is InChI=1S/C17H17N3O2S2.BrH/c1-12-8-9-14(24(18,21)22)10-15(12)16-11-23-17(20(16)2)19-13-6-4-3-5-7-13;/h3-11H,1-2H3,(H2,18,21,22);1H. The van der Waals surface area contributed by atoms with E-state index in [0.29, 0.717) is 0 Å². The zero-order valence-electron chi connectivity index (χ0n) is 13.7. The van der Waals surface area contributed by atoms with Crippen molar-refractivity contribution >= 4 is 44.0 Å². The van der Waals surface area contributed by atoms with Crippen molar-refractivity contribution in [2.45, 2.75) is 11.8 Å². The maximum atomic E-state index is 11.6. The van der Waals surface area contributed by atoms with Gasteiger partial charge < -0.3 is 4.57 Å². The normalized spacial score (nSPS) is 12.0. The highest BCUT2D eigenvalue weighted by Gasteiger charge is 2.13. The topological polar surface area (TPSA) is 77.5 Å². The molecule has 0 atom stereocenters. The van der Waals surface area contributed by atoms with Gasteiger partial charge in [0.05, 0.1) is 16.3 Å². The van der Waals surface area contributed by atoms with Gasteiger partial charge in [-0.1, -0.05) is 24.3 Å². The molecule has 0 spiro atoms. The van der Waals surface area contributed by atoms with E-state index in [9.17, 15) is 8.42 Å². The first-order chi connectivity index (χ1) is 11.4. The number of hydrogen-bond acceptors (Lipinski definition) is 4. The van der Waals surface area contributed by atoms with Crippen molar-refractivity contribution in [3.63, 3.8) is 0 Å². The van der Waals surface area contributed by atoms with E-state index in [-0.39, 0.29) is 21.9 Å². The van der Waals surface area contributed by atoms with Gasteiger partial charge in [-0.25, -0.2) is 18.5 Å². The first-order valence-electron chi connectivity index (χ1n) is 7.24. The van der Waals surface area contributed by atoms with Crippen molar-refractivity contribution < 1.29 is 8.42 Å². The molecule has 0 radical (unpaired) electrons. The molecule has 0 aliphatic heterocycles. The van der Waals surface area contributed by atoms with Crippen LogP contribution in [0.1, 0.15) is 5.56 Å². The number of thiazole rings is 1. The van der Waals surface area contributed by atoms with Gasteiger partial charge in [0.15, 0.2) is 4.80 Å². The molecule has 3 rings (SSSR count). The summed E-state index contributed by atoms with van der Waals surface area (Å²) in [6, 6.07) is 14.6. The average Bonchev–Trinajstić information content (AvgIpc) is 2.89. The lowest BCUT2D eigenvalue weighted by atomic mass is 10.1. The maximum absolute atomic E-state index is 11.6. The van der Waals surface area contributed by atoms with Crippen molar-refractivity contribution in [2.24, 2.45) is 17.2 Å². The Hall–Kier alpha value is -1.74. The molecule has 132 valence electrons. The summed E-state index contributed by atoms with van der Waals surface area (Å²) in [4.78, 5) is 5.56. The van der Waals surface area contributed by atoms with Gasteiger partial charge in [0, 0.05) is 18.0 Å². The van der Waals surface area contributed by atoms with Crippen LogP contribution in [-0.2, 0) is 17.1 Å². The summed E-state index contributed by atoms with van der Waals surface area (Å²) in [5.41, 5.74) is 3.58. The van der Waals surface area contributed by atoms with E-state index in [4.69, 9.17) is 5.14 Å². The maximum Gasteiger partial charge on any atom is 0.238 e. The molecular weight excluding hydrogens is 422 g/mol. The molecule has 0 saturated heterocycles. The van der Waals surface area contributed by atoms with Gasteiger partial charge in [-0.15, -0.1) is 28.3 Å². The Morgan fingerprint density at radius 2 is 1.80 bits per heavy atom. The summed E-state index contributed by atoms with van der Waals surface area (Å²) in [5, 5.41) is 7.22. The molecule has 5 nitrogen and oxygen atoms in total. The average molecular weight is 440 g/mol. The van der Waals surface area contributed by atoms with Crippen molar-refractivity contribution in [1.29, 1.82) is 0 Å². The fourth-order valence-electron chi connectivity index (χ4n) is 2.38. The Labute approximate surface area is 161 Å². The molecule has 0 amide bonds. The zero-order valence-corrected chi connectivity index (χ0v) is 17.1. The van der Waals surface area contributed by atoms with Gasteiger partial charge in [-0.2, -0.15) is 0 Å². The Balaban J connectivity index is 0.00000225. The molecule has 0 saturated carbocycles. The smallest absolute Gasteiger partial charge is 0.238 e. The lowest BCUT2D eigenvalue weighted by Gasteiger charge is -2.09. The van der Waals surface area contributed by atoms with E-state index >= 15 is 0 Å². The number of aryl methyl sites for hydroxylation is 1. The minimum absolute atomic E-state index is 0. The van der Waals surface area contributed by atoms with Gasteiger partial charge in [0.1, 0.15) is 0 Å². The molecule has 2 aromatic carbocycles. The number of primary sulfonamides is 1. The molecule has 0 aliphatic rings. The third-order valence-corrected chi connectivity index (χ3v) is 5.55. The molecule has 0 aliphatic carbocycles. The van der Waals surface area contributed by atoms with Gasteiger partial charge in [-0.3, -0.25) is 0 Å². The summed E-state index contributed by atoms with van der Waals surface area (Å²) < 4.78 is 25.2. The summed E-state index contributed by atoms with van der Waals surface area (Å²) in [5.74, 6) is 0. The van der Waals surface area contributed by atoms with Crippen LogP contribution in [0.25, 0.3) is 11.3 Å². The quantitative estimate of drug-likeness (QED) is 0.677. The third-order valence-electron chi connectivity index (χ3n) is 3.72. The van der Waals surface area contributed by atoms with E-state index in [1.165, 1.54) is 17.4 Å². The number of aromatic nitrogens is 1. The number of para-hydroxylation sites is 1. The highest BCUT2D eigenvalue weighted by atomic mass is 79.9. The minimum Gasteiger partial charge on any atom is -0.320 e. The van der Waals surface area contributed by atoms with Crippen LogP contribution in [-0.4, -0.2) is 13.0 Å². The van der Waals surface area contributed by atoms with E-state index < -0.39 is 10.0 Å². The highest BCUT2D eigenvalue weighted by Crippen LogP contribution is 2.26. The Morgan fingerprint density at radius 1 is 1.12 bits per heavy atom. The molecule has 0 unspecified atom stereocenters. The van der Waals surface area contributed by atoms with Crippen LogP contribution in [0.5, 0.6) is 0 Å². The molecule has 1 aromatic heterocycles. The predicted octanol–water partition coefficient (Wildman–Crippen LogP) is 3.52. The van der Waals surface area contributed by atoms with Crippen LogP contribution in [0.4, 0.5) is 5.69 Å². The van der Waals surface area contributed by atoms with Gasteiger partial charge in [0.25, 0.3) is 0 Å². The molecule has 8 heteroatoms. The fraction of sp³-hybridized carbons (Fsp3) is 0.118. The van der Waals surface area contributed by atoms with Crippen LogP contribution >= 0.6 is 28.3 Å². The van der Waals surface area contributed by atoms with Crippen LogP contribution in [0, 0.1) is 6.92 Å². The molecule has 3 aromatic rings. The Kier molecular flexibility index (Phi) is 5.99. The number of sulfonamides is 1. The summed E-state index contributed by atoms with van der Waals surface area (Å²) >= 11 is 1.50. The van der Waals surface area contributed by atoms with Crippen LogP contribution in [0.3, 0.4) is 0 Å². The second-order valence-electron chi connectivity index (χ2n) is 5.43. The van der Waals surface area contributed by atoms with E-state index in [0.717, 1.165) is 27.3 Å². The molecule has 0 fully saturated rings. The number of hydrogen-bond donors (Lipinski definition) is 1. The van der Waals surface area contributed by atoms with Crippen molar-refractivity contribution in [3.05, 3.63) is 64.3 Å².